The summed E-state index contributed by atoms with van der Waals surface area (Å²) in [5, 5.41) is 2.69. The quantitative estimate of drug-likeness (QED) is 0.291. The van der Waals surface area contributed by atoms with Gasteiger partial charge in [-0.2, -0.15) is 14.3 Å². The average Bonchev–Trinajstić information content (AvgIpc) is 3.66. The number of ether oxygens (including phenoxy) is 2. The smallest absolute Gasteiger partial charge is 0.388 e. The first-order valence-electron chi connectivity index (χ1n) is 14.8. The first-order chi connectivity index (χ1) is 21.4. The minimum Gasteiger partial charge on any atom is -0.388 e. The van der Waals surface area contributed by atoms with Gasteiger partial charge in [0.2, 0.25) is 21.9 Å². The molecule has 0 aliphatic carbocycles. The molecular weight excluding hydrogens is 598 g/mol. The van der Waals surface area contributed by atoms with Crippen molar-refractivity contribution >= 4 is 50.5 Å². The fraction of sp³-hybridized carbons (Fsp3) is 0.387. The van der Waals surface area contributed by atoms with Gasteiger partial charge in [-0.05, 0) is 30.7 Å². The van der Waals surface area contributed by atoms with Crippen LogP contribution in [0.4, 0.5) is 22.1 Å². The van der Waals surface area contributed by atoms with E-state index in [9.17, 15) is 18.0 Å². The highest BCUT2D eigenvalue weighted by molar-refractivity contribution is 7.88. The number of hydrogen-bond acceptors (Lipinski definition) is 9. The minimum atomic E-state index is -3.56. The Morgan fingerprint density at radius 2 is 1.71 bits per heavy atom. The highest BCUT2D eigenvalue weighted by Crippen LogP contribution is 2.53. The van der Waals surface area contributed by atoms with Crippen LogP contribution in [-0.2, 0) is 19.6 Å². The zero-order chi connectivity index (χ0) is 32.1. The Hall–Kier alpha value is -4.40. The van der Waals surface area contributed by atoms with Gasteiger partial charge in [0.05, 0.1) is 35.6 Å². The second kappa shape index (κ2) is 11.5. The van der Waals surface area contributed by atoms with Crippen molar-refractivity contribution in [2.75, 3.05) is 23.0 Å². The van der Waals surface area contributed by atoms with Crippen LogP contribution in [0, 0.1) is 11.8 Å². The fourth-order valence-electron chi connectivity index (χ4n) is 6.10. The summed E-state index contributed by atoms with van der Waals surface area (Å²) in [5.41, 5.74) is 0.781. The van der Waals surface area contributed by atoms with E-state index < -0.39 is 34.0 Å². The van der Waals surface area contributed by atoms with E-state index in [1.807, 2.05) is 50.2 Å². The van der Waals surface area contributed by atoms with E-state index in [1.54, 1.807) is 42.7 Å². The molecule has 2 aliphatic heterocycles. The molecule has 2 aromatic heterocycles. The summed E-state index contributed by atoms with van der Waals surface area (Å²) in [5.74, 6) is -1.12. The van der Waals surface area contributed by atoms with Crippen molar-refractivity contribution in [2.45, 2.75) is 52.0 Å². The standard InChI is InChI=1S/C31H35N7O6S/c1-6-31-17-37(45(5,41)42)24(20(31)4)28(44-31)36-18-32-23-25(36)33-29(34-26(39)19(2)3)35-27(23)43-30(40)38(21-13-9-7-10-14-21)22-15-11-8-12-16-22/h7-16,18-20,24,28H,6,17H2,1-5H3,(H,33,34,35,39)/t20-,24+,28+,31-/m0/s1. The SMILES string of the molecule is CC[C@@]12CN(S(C)(=O)=O)[C@@H]([C@H](n3cnc4c(OC(=O)N(c5ccccc5)c5ccccc5)nc(NC(=O)C(C)C)nc43)O1)[C@@H]2C. The number of fused-ring (bicyclic) bond motifs is 3. The second-order valence-corrected chi connectivity index (χ2v) is 13.6. The lowest BCUT2D eigenvalue weighted by Crippen LogP contribution is -2.47. The third-order valence-corrected chi connectivity index (χ3v) is 9.81. The summed E-state index contributed by atoms with van der Waals surface area (Å²) in [6, 6.07) is 17.5. The Kier molecular flexibility index (Phi) is 7.83. The fourth-order valence-corrected chi connectivity index (χ4v) is 7.28. The van der Waals surface area contributed by atoms with Crippen LogP contribution in [0.3, 0.4) is 0 Å². The number of nitrogens with one attached hydrogen (secondary N) is 1. The summed E-state index contributed by atoms with van der Waals surface area (Å²) < 4.78 is 41.3. The molecule has 0 unspecified atom stereocenters. The van der Waals surface area contributed by atoms with Gasteiger partial charge in [0.15, 0.2) is 17.4 Å². The molecule has 6 rings (SSSR count). The number of rotatable bonds is 8. The van der Waals surface area contributed by atoms with E-state index in [2.05, 4.69) is 20.3 Å². The molecule has 45 heavy (non-hydrogen) atoms. The number of sulfonamides is 1. The van der Waals surface area contributed by atoms with Crippen LogP contribution in [-0.4, -0.2) is 68.7 Å². The number of carbonyl (C=O) groups excluding carboxylic acids is 2. The summed E-state index contributed by atoms with van der Waals surface area (Å²) in [7, 11) is -3.56. The largest absolute Gasteiger partial charge is 0.425 e. The topological polar surface area (TPSA) is 149 Å². The van der Waals surface area contributed by atoms with Crippen molar-refractivity contribution in [2.24, 2.45) is 11.8 Å². The molecule has 14 heteroatoms. The number of benzene rings is 2. The first-order valence-corrected chi connectivity index (χ1v) is 16.6. The average molecular weight is 634 g/mol. The Labute approximate surface area is 261 Å². The molecule has 13 nitrogen and oxygen atoms in total. The predicted molar refractivity (Wildman–Crippen MR) is 167 cm³/mol. The molecule has 0 radical (unpaired) electrons. The van der Waals surface area contributed by atoms with Gasteiger partial charge < -0.3 is 9.47 Å². The Morgan fingerprint density at radius 1 is 1.09 bits per heavy atom. The lowest BCUT2D eigenvalue weighted by Gasteiger charge is -2.36. The van der Waals surface area contributed by atoms with Crippen molar-refractivity contribution in [3.05, 3.63) is 67.0 Å². The molecule has 4 atom stereocenters. The highest BCUT2D eigenvalue weighted by atomic mass is 32.2. The lowest BCUT2D eigenvalue weighted by molar-refractivity contribution is -0.118. The minimum absolute atomic E-state index is 0.0990. The monoisotopic (exact) mass is 633 g/mol. The molecule has 1 N–H and O–H groups in total. The number of carbonyl (C=O) groups is 2. The number of hydrogen-bond donors (Lipinski definition) is 1. The van der Waals surface area contributed by atoms with Gasteiger partial charge in [-0.1, -0.05) is 64.1 Å². The third kappa shape index (κ3) is 5.42. The second-order valence-electron chi connectivity index (χ2n) is 11.7. The van der Waals surface area contributed by atoms with Crippen LogP contribution in [0.25, 0.3) is 11.2 Å². The lowest BCUT2D eigenvalue weighted by atomic mass is 9.88. The number of nitrogens with zero attached hydrogens (tertiary/aromatic N) is 6. The van der Waals surface area contributed by atoms with Crippen LogP contribution in [0.15, 0.2) is 67.0 Å². The molecule has 4 aromatic rings. The maximum Gasteiger partial charge on any atom is 0.425 e. The van der Waals surface area contributed by atoms with Gasteiger partial charge in [-0.15, -0.1) is 0 Å². The van der Waals surface area contributed by atoms with Crippen molar-refractivity contribution in [3.63, 3.8) is 0 Å². The van der Waals surface area contributed by atoms with E-state index in [4.69, 9.17) is 9.47 Å². The van der Waals surface area contributed by atoms with Gasteiger partial charge in [0, 0.05) is 18.4 Å². The molecule has 236 valence electrons. The van der Waals surface area contributed by atoms with E-state index in [-0.39, 0.29) is 47.3 Å². The van der Waals surface area contributed by atoms with E-state index >= 15 is 0 Å². The van der Waals surface area contributed by atoms with E-state index in [1.165, 1.54) is 21.8 Å². The van der Waals surface area contributed by atoms with Crippen LogP contribution in [0.5, 0.6) is 5.88 Å². The third-order valence-electron chi connectivity index (χ3n) is 8.59. The summed E-state index contributed by atoms with van der Waals surface area (Å²) >= 11 is 0. The number of morpholine rings is 1. The van der Waals surface area contributed by atoms with Crippen molar-refractivity contribution in [1.29, 1.82) is 0 Å². The number of aromatic nitrogens is 4. The molecule has 2 aliphatic rings. The van der Waals surface area contributed by atoms with Crippen LogP contribution < -0.4 is 15.0 Å². The molecule has 2 amide bonds. The zero-order valence-corrected chi connectivity index (χ0v) is 26.4. The molecule has 2 bridgehead atoms. The summed E-state index contributed by atoms with van der Waals surface area (Å²) in [6.07, 6.45) is 1.73. The molecule has 2 aromatic carbocycles. The summed E-state index contributed by atoms with van der Waals surface area (Å²) in [4.78, 5) is 41.4. The summed E-state index contributed by atoms with van der Waals surface area (Å²) in [6.45, 7) is 7.66. The Balaban J connectivity index is 1.45. The number of imidazole rings is 1. The van der Waals surface area contributed by atoms with Crippen molar-refractivity contribution in [1.82, 2.24) is 23.8 Å². The molecule has 4 heterocycles. The van der Waals surface area contributed by atoms with Gasteiger partial charge in [-0.25, -0.2) is 23.1 Å². The normalized spacial score (nSPS) is 23.0. The van der Waals surface area contributed by atoms with Gasteiger partial charge in [-0.3, -0.25) is 14.7 Å². The molecular formula is C31H35N7O6S. The number of anilines is 3. The molecule has 2 saturated heterocycles. The highest BCUT2D eigenvalue weighted by Gasteiger charge is 2.63. The Morgan fingerprint density at radius 3 is 2.24 bits per heavy atom. The van der Waals surface area contributed by atoms with E-state index in [0.717, 1.165) is 0 Å². The first kappa shape index (κ1) is 30.6. The molecule has 0 spiro atoms. The molecule has 0 saturated carbocycles. The van der Waals surface area contributed by atoms with Gasteiger partial charge in [0.1, 0.15) is 0 Å². The van der Waals surface area contributed by atoms with Crippen LogP contribution >= 0.6 is 0 Å². The van der Waals surface area contributed by atoms with Crippen LogP contribution in [0.1, 0.15) is 40.3 Å². The maximum atomic E-state index is 13.9. The number of amides is 2. The maximum absolute atomic E-state index is 13.9. The van der Waals surface area contributed by atoms with Crippen molar-refractivity contribution in [3.8, 4) is 5.88 Å². The van der Waals surface area contributed by atoms with E-state index in [0.29, 0.717) is 17.8 Å². The zero-order valence-electron chi connectivity index (χ0n) is 25.6. The predicted octanol–water partition coefficient (Wildman–Crippen LogP) is 4.72. The Bertz CT molecular complexity index is 1810. The number of para-hydroxylation sites is 2. The van der Waals surface area contributed by atoms with Crippen LogP contribution in [0.2, 0.25) is 0 Å². The van der Waals surface area contributed by atoms with Gasteiger partial charge in [0.25, 0.3) is 5.88 Å². The van der Waals surface area contributed by atoms with Crippen molar-refractivity contribution < 1.29 is 27.5 Å². The van der Waals surface area contributed by atoms with Gasteiger partial charge >= 0.3 is 6.09 Å². The molecule has 2 fully saturated rings.